The van der Waals surface area contributed by atoms with Crippen LogP contribution in [-0.2, 0) is 4.79 Å². The number of hydrogen-bond donors (Lipinski definition) is 1. The van der Waals surface area contributed by atoms with Crippen molar-refractivity contribution in [1.29, 1.82) is 0 Å². The Balaban J connectivity index is 1.24. The summed E-state index contributed by atoms with van der Waals surface area (Å²) in [5.41, 5.74) is 2.71. The fourth-order valence-electron chi connectivity index (χ4n) is 3.99. The number of hydrogen-bond acceptors (Lipinski definition) is 7. The van der Waals surface area contributed by atoms with Crippen LogP contribution < -0.4 is 14.8 Å². The smallest absolute Gasteiger partial charge is 0.319 e. The molecule has 0 aliphatic carbocycles. The number of para-hydroxylation sites is 1. The molecule has 2 heterocycles. The Labute approximate surface area is 223 Å². The van der Waals surface area contributed by atoms with Crippen molar-refractivity contribution in [3.8, 4) is 22.8 Å². The summed E-state index contributed by atoms with van der Waals surface area (Å²) in [5.74, 6) is -0.117. The minimum Gasteiger partial charge on any atom is -0.493 e. The summed E-state index contributed by atoms with van der Waals surface area (Å²) in [5, 5.41) is 11.2. The second kappa shape index (κ2) is 11.0. The monoisotopic (exact) mass is 531 g/mol. The third-order valence-electron chi connectivity index (χ3n) is 5.94. The first-order chi connectivity index (χ1) is 18.0. The van der Waals surface area contributed by atoms with Crippen LogP contribution in [0.1, 0.15) is 28.3 Å². The molecule has 4 aromatic rings. The Morgan fingerprint density at radius 1 is 1.03 bits per heavy atom. The van der Waals surface area contributed by atoms with Gasteiger partial charge in [-0.25, -0.2) is 0 Å². The van der Waals surface area contributed by atoms with Crippen LogP contribution in [0.5, 0.6) is 11.5 Å². The summed E-state index contributed by atoms with van der Waals surface area (Å²) in [6, 6.07) is 23.4. The third kappa shape index (κ3) is 5.60. The van der Waals surface area contributed by atoms with Crippen molar-refractivity contribution in [3.05, 3.63) is 95.0 Å². The van der Waals surface area contributed by atoms with E-state index >= 15 is 0 Å². The number of fused-ring (bicyclic) bond motifs is 1. The van der Waals surface area contributed by atoms with E-state index < -0.39 is 17.8 Å². The van der Waals surface area contributed by atoms with Crippen LogP contribution >= 0.6 is 23.4 Å². The van der Waals surface area contributed by atoms with Crippen LogP contribution in [0.3, 0.4) is 0 Å². The van der Waals surface area contributed by atoms with Crippen molar-refractivity contribution in [1.82, 2.24) is 10.2 Å². The molecule has 0 spiro atoms. The van der Waals surface area contributed by atoms with E-state index in [9.17, 15) is 9.59 Å². The van der Waals surface area contributed by atoms with Crippen LogP contribution in [0, 0.1) is 0 Å². The molecule has 0 fully saturated rings. The number of amides is 1. The van der Waals surface area contributed by atoms with Gasteiger partial charge >= 0.3 is 5.97 Å². The molecule has 0 saturated carbocycles. The van der Waals surface area contributed by atoms with Gasteiger partial charge in [-0.1, -0.05) is 41.9 Å². The number of carbonyl (C=O) groups is 2. The van der Waals surface area contributed by atoms with Gasteiger partial charge in [-0.15, -0.1) is 22.0 Å². The Morgan fingerprint density at radius 2 is 1.84 bits per heavy atom. The molecule has 1 aromatic heterocycles. The Bertz CT molecular complexity index is 1450. The maximum Gasteiger partial charge on any atom is 0.319 e. The molecule has 1 amide bonds. The lowest BCUT2D eigenvalue weighted by atomic mass is 9.93. The zero-order valence-corrected chi connectivity index (χ0v) is 21.4. The van der Waals surface area contributed by atoms with E-state index in [0.717, 1.165) is 16.0 Å². The molecule has 1 aliphatic rings. The summed E-state index contributed by atoms with van der Waals surface area (Å²) in [6.45, 7) is 0.428. The van der Waals surface area contributed by atoms with Gasteiger partial charge in [-0.05, 0) is 61.2 Å². The summed E-state index contributed by atoms with van der Waals surface area (Å²) in [4.78, 5) is 26.8. The predicted octanol–water partition coefficient (Wildman–Crippen LogP) is 6.24. The Hall–Kier alpha value is -3.88. The van der Waals surface area contributed by atoms with Gasteiger partial charge in [0.05, 0.1) is 23.2 Å². The van der Waals surface area contributed by atoms with Gasteiger partial charge in [-0.3, -0.25) is 9.59 Å². The van der Waals surface area contributed by atoms with Crippen molar-refractivity contribution in [3.63, 3.8) is 0 Å². The topological polar surface area (TPSA) is 90.4 Å². The minimum absolute atomic E-state index is 0.150. The summed E-state index contributed by atoms with van der Waals surface area (Å²) in [7, 11) is 0. The van der Waals surface area contributed by atoms with E-state index in [4.69, 9.17) is 21.1 Å². The number of anilines is 1. The summed E-state index contributed by atoms with van der Waals surface area (Å²) < 4.78 is 11.2. The number of nitrogens with zero attached hydrogens (tertiary/aromatic N) is 2. The number of nitrogens with one attached hydrogen (secondary N) is 1. The van der Waals surface area contributed by atoms with Gasteiger partial charge in [0, 0.05) is 21.6 Å². The summed E-state index contributed by atoms with van der Waals surface area (Å²) in [6.07, 6.45) is 2.53. The second-order valence-electron chi connectivity index (χ2n) is 8.28. The highest BCUT2D eigenvalue weighted by atomic mass is 35.5. The largest absolute Gasteiger partial charge is 0.493 e. The molecule has 0 bridgehead atoms. The van der Waals surface area contributed by atoms with Gasteiger partial charge < -0.3 is 14.8 Å². The van der Waals surface area contributed by atoms with E-state index in [1.165, 1.54) is 18.2 Å². The number of benzene rings is 3. The molecule has 1 atom stereocenters. The van der Waals surface area contributed by atoms with E-state index in [2.05, 4.69) is 15.5 Å². The zero-order chi connectivity index (χ0) is 25.8. The highest BCUT2D eigenvalue weighted by molar-refractivity contribution is 7.98. The van der Waals surface area contributed by atoms with E-state index in [1.807, 2.05) is 54.8 Å². The number of halogens is 1. The Kier molecular flexibility index (Phi) is 7.39. The number of thioether (sulfide) groups is 1. The van der Waals surface area contributed by atoms with Crippen molar-refractivity contribution < 1.29 is 19.1 Å². The predicted molar refractivity (Wildman–Crippen MR) is 144 cm³/mol. The van der Waals surface area contributed by atoms with Gasteiger partial charge in [0.1, 0.15) is 11.5 Å². The number of ether oxygens (including phenoxy) is 2. The second-order valence-corrected chi connectivity index (χ2v) is 9.57. The van der Waals surface area contributed by atoms with Crippen molar-refractivity contribution in [2.24, 2.45) is 0 Å². The van der Waals surface area contributed by atoms with Crippen LogP contribution in [0.15, 0.2) is 83.8 Å². The molecule has 7 nitrogen and oxygen atoms in total. The lowest BCUT2D eigenvalue weighted by molar-refractivity contribution is -0.136. The highest BCUT2D eigenvalue weighted by Gasteiger charge is 2.29. The molecule has 0 radical (unpaired) electrons. The average molecular weight is 532 g/mol. The first kappa shape index (κ1) is 24.8. The molecule has 3 aromatic carbocycles. The molecule has 1 aliphatic heterocycles. The molecule has 9 heteroatoms. The first-order valence-corrected chi connectivity index (χ1v) is 13.1. The van der Waals surface area contributed by atoms with E-state index in [1.54, 1.807) is 23.9 Å². The number of carbonyl (C=O) groups excluding carboxylic acids is 2. The quantitative estimate of drug-likeness (QED) is 0.179. The van der Waals surface area contributed by atoms with Gasteiger partial charge in [0.25, 0.3) is 5.91 Å². The van der Waals surface area contributed by atoms with Crippen LogP contribution in [-0.4, -0.2) is 34.9 Å². The maximum absolute atomic E-state index is 12.9. The number of esters is 1. The highest BCUT2D eigenvalue weighted by Crippen LogP contribution is 2.35. The van der Waals surface area contributed by atoms with Crippen LogP contribution in [0.4, 0.5) is 5.82 Å². The van der Waals surface area contributed by atoms with Gasteiger partial charge in [0.15, 0.2) is 5.82 Å². The summed E-state index contributed by atoms with van der Waals surface area (Å²) >= 11 is 8.02. The molecular formula is C28H22ClN3O4S. The van der Waals surface area contributed by atoms with Crippen LogP contribution in [0.25, 0.3) is 11.3 Å². The van der Waals surface area contributed by atoms with Crippen LogP contribution in [0.2, 0.25) is 5.02 Å². The van der Waals surface area contributed by atoms with Crippen molar-refractivity contribution in [2.75, 3.05) is 18.2 Å². The van der Waals surface area contributed by atoms with E-state index in [-0.39, 0.29) is 10.8 Å². The SMILES string of the molecule is CSc1ccc(-c2ccc(NC(=O)c3ccc(OC(=O)C4CCOc5ccccc54)c(Cl)c3)nn2)cc1. The molecule has 37 heavy (non-hydrogen) atoms. The van der Waals surface area contributed by atoms with Crippen molar-refractivity contribution in [2.45, 2.75) is 17.2 Å². The molecule has 186 valence electrons. The van der Waals surface area contributed by atoms with Crippen molar-refractivity contribution >= 4 is 41.1 Å². The fraction of sp³-hybridized carbons (Fsp3) is 0.143. The lowest BCUT2D eigenvalue weighted by Gasteiger charge is -2.24. The third-order valence-corrected chi connectivity index (χ3v) is 6.98. The van der Waals surface area contributed by atoms with Gasteiger partial charge in [0.2, 0.25) is 0 Å². The zero-order valence-electron chi connectivity index (χ0n) is 19.8. The number of aromatic nitrogens is 2. The lowest BCUT2D eigenvalue weighted by Crippen LogP contribution is -2.25. The first-order valence-electron chi connectivity index (χ1n) is 11.5. The molecule has 1 N–H and O–H groups in total. The standard InChI is InChI=1S/C28H22ClN3O4S/c1-37-19-9-6-17(7-10-19)23-11-13-26(32-31-23)30-27(33)18-8-12-25(22(29)16-18)36-28(34)21-14-15-35-24-5-3-2-4-20(21)24/h2-13,16,21H,14-15H2,1H3,(H,30,32,33). The van der Waals surface area contributed by atoms with E-state index in [0.29, 0.717) is 35.9 Å². The molecule has 5 rings (SSSR count). The maximum atomic E-state index is 12.9. The number of rotatable bonds is 6. The Morgan fingerprint density at radius 3 is 2.57 bits per heavy atom. The van der Waals surface area contributed by atoms with Gasteiger partial charge in [-0.2, -0.15) is 0 Å². The minimum atomic E-state index is -0.450. The molecule has 0 saturated heterocycles. The fourth-order valence-corrected chi connectivity index (χ4v) is 4.62. The normalized spacial score (nSPS) is 14.3. The molecular weight excluding hydrogens is 510 g/mol. The average Bonchev–Trinajstić information content (AvgIpc) is 2.94. The molecule has 1 unspecified atom stereocenters.